The zero-order valence-corrected chi connectivity index (χ0v) is 9.38. The first-order chi connectivity index (χ1) is 8.06. The van der Waals surface area contributed by atoms with E-state index in [1.54, 1.807) is 24.1 Å². The Bertz CT molecular complexity index is 461. The van der Waals surface area contributed by atoms with Crippen molar-refractivity contribution in [3.8, 4) is 0 Å². The Balaban J connectivity index is 2.07. The van der Waals surface area contributed by atoms with Crippen LogP contribution in [0.4, 0.5) is 5.82 Å². The van der Waals surface area contributed by atoms with Gasteiger partial charge in [0.2, 0.25) is 5.91 Å². The number of anilines is 1. The van der Waals surface area contributed by atoms with Gasteiger partial charge in [-0.25, -0.2) is 9.78 Å². The first-order valence-corrected chi connectivity index (χ1v) is 5.27. The lowest BCUT2D eigenvalue weighted by Crippen LogP contribution is -2.24. The van der Waals surface area contributed by atoms with Gasteiger partial charge in [-0.3, -0.25) is 4.79 Å². The molecule has 0 radical (unpaired) electrons. The van der Waals surface area contributed by atoms with Gasteiger partial charge < -0.3 is 15.3 Å². The highest BCUT2D eigenvalue weighted by molar-refractivity contribution is 5.85. The van der Waals surface area contributed by atoms with Gasteiger partial charge in [-0.05, 0) is 12.1 Å². The van der Waals surface area contributed by atoms with Gasteiger partial charge in [0.1, 0.15) is 5.82 Å². The van der Waals surface area contributed by atoms with Gasteiger partial charge in [-0.1, -0.05) is 6.07 Å². The highest BCUT2D eigenvalue weighted by Crippen LogP contribution is 2.14. The molecule has 6 heteroatoms. The highest BCUT2D eigenvalue weighted by atomic mass is 16.4. The molecular weight excluding hydrogens is 222 g/mol. The topological polar surface area (TPSA) is 82.5 Å². The highest BCUT2D eigenvalue weighted by Gasteiger charge is 2.26. The van der Waals surface area contributed by atoms with Crippen molar-refractivity contribution in [3.63, 3.8) is 0 Å². The number of carbonyl (C=O) groups is 2. The van der Waals surface area contributed by atoms with E-state index in [0.717, 1.165) is 0 Å². The second-order valence-electron chi connectivity index (χ2n) is 4.03. The van der Waals surface area contributed by atoms with Crippen molar-refractivity contribution in [3.05, 3.63) is 23.9 Å². The third kappa shape index (κ3) is 2.52. The Morgan fingerprint density at radius 3 is 2.94 bits per heavy atom. The molecule has 1 aliphatic rings. The lowest BCUT2D eigenvalue weighted by molar-refractivity contribution is -0.126. The summed E-state index contributed by atoms with van der Waals surface area (Å²) in [4.78, 5) is 27.6. The monoisotopic (exact) mass is 235 g/mol. The van der Waals surface area contributed by atoms with Crippen LogP contribution in [0.5, 0.6) is 0 Å². The van der Waals surface area contributed by atoms with E-state index in [2.05, 4.69) is 10.3 Å². The number of nitrogens with one attached hydrogen (secondary N) is 1. The van der Waals surface area contributed by atoms with Crippen molar-refractivity contribution in [1.82, 2.24) is 9.88 Å². The van der Waals surface area contributed by atoms with Gasteiger partial charge >= 0.3 is 5.97 Å². The maximum atomic E-state index is 11.3. The second kappa shape index (κ2) is 4.40. The van der Waals surface area contributed by atoms with Gasteiger partial charge in [0.25, 0.3) is 0 Å². The number of hydrogen-bond acceptors (Lipinski definition) is 4. The molecule has 90 valence electrons. The smallest absolute Gasteiger partial charge is 0.354 e. The number of carbonyl (C=O) groups excluding carboxylic acids is 1. The van der Waals surface area contributed by atoms with Crippen molar-refractivity contribution in [2.75, 3.05) is 18.9 Å². The van der Waals surface area contributed by atoms with Crippen LogP contribution in [0.3, 0.4) is 0 Å². The third-order valence-electron chi connectivity index (χ3n) is 2.66. The number of aromatic carboxylic acids is 1. The molecule has 2 heterocycles. The molecule has 1 unspecified atom stereocenters. The van der Waals surface area contributed by atoms with Crippen LogP contribution < -0.4 is 5.32 Å². The number of likely N-dealkylation sites (tertiary alicyclic amines) is 1. The molecule has 6 nitrogen and oxygen atoms in total. The molecule has 1 aromatic rings. The summed E-state index contributed by atoms with van der Waals surface area (Å²) in [5.74, 6) is -0.497. The van der Waals surface area contributed by atoms with Gasteiger partial charge in [0, 0.05) is 20.0 Å². The number of rotatable bonds is 3. The fraction of sp³-hybridized carbons (Fsp3) is 0.364. The summed E-state index contributed by atoms with van der Waals surface area (Å²) in [6, 6.07) is 4.73. The largest absolute Gasteiger partial charge is 0.477 e. The second-order valence-corrected chi connectivity index (χ2v) is 4.03. The van der Waals surface area contributed by atoms with Crippen molar-refractivity contribution >= 4 is 17.7 Å². The fourth-order valence-electron chi connectivity index (χ4n) is 1.80. The summed E-state index contributed by atoms with van der Waals surface area (Å²) >= 11 is 0. The first-order valence-electron chi connectivity index (χ1n) is 5.27. The molecule has 1 fully saturated rings. The standard InChI is InChI=1S/C11H13N3O3/c1-14-6-7(5-10(14)15)12-9-4-2-3-8(13-9)11(16)17/h2-4,7H,5-6H2,1H3,(H,12,13)(H,16,17). The van der Waals surface area contributed by atoms with Crippen LogP contribution in [0.2, 0.25) is 0 Å². The number of amides is 1. The number of pyridine rings is 1. The lowest BCUT2D eigenvalue weighted by Gasteiger charge is -2.13. The summed E-state index contributed by atoms with van der Waals surface area (Å²) in [5, 5.41) is 11.9. The SMILES string of the molecule is CN1CC(Nc2cccc(C(=O)O)n2)CC1=O. The Morgan fingerprint density at radius 2 is 2.35 bits per heavy atom. The molecular formula is C11H13N3O3. The average Bonchev–Trinajstić information content (AvgIpc) is 2.58. The molecule has 1 aromatic heterocycles. The number of aromatic nitrogens is 1. The molecule has 1 aliphatic heterocycles. The first kappa shape index (κ1) is 11.4. The van der Waals surface area contributed by atoms with Crippen molar-refractivity contribution in [2.45, 2.75) is 12.5 Å². The van der Waals surface area contributed by atoms with E-state index in [1.165, 1.54) is 6.07 Å². The average molecular weight is 235 g/mol. The lowest BCUT2D eigenvalue weighted by atomic mass is 10.2. The molecule has 1 amide bonds. The van der Waals surface area contributed by atoms with Gasteiger partial charge in [-0.2, -0.15) is 0 Å². The maximum Gasteiger partial charge on any atom is 0.354 e. The van der Waals surface area contributed by atoms with Crippen LogP contribution in [0.15, 0.2) is 18.2 Å². The van der Waals surface area contributed by atoms with Crippen molar-refractivity contribution in [1.29, 1.82) is 0 Å². The van der Waals surface area contributed by atoms with Gasteiger partial charge in [0.15, 0.2) is 5.69 Å². The molecule has 0 aliphatic carbocycles. The molecule has 17 heavy (non-hydrogen) atoms. The van der Waals surface area contributed by atoms with Crippen LogP contribution in [0.25, 0.3) is 0 Å². The quantitative estimate of drug-likeness (QED) is 0.793. The number of likely N-dealkylation sites (N-methyl/N-ethyl adjacent to an activating group) is 1. The van der Waals surface area contributed by atoms with Crippen molar-refractivity contribution in [2.24, 2.45) is 0 Å². The molecule has 0 aromatic carbocycles. The summed E-state index contributed by atoms with van der Waals surface area (Å²) in [5.41, 5.74) is -0.00678. The van der Waals surface area contributed by atoms with E-state index in [1.807, 2.05) is 0 Å². The normalized spacial score (nSPS) is 19.5. The summed E-state index contributed by atoms with van der Waals surface area (Å²) < 4.78 is 0. The van der Waals surface area contributed by atoms with E-state index < -0.39 is 5.97 Å². The van der Waals surface area contributed by atoms with Gasteiger partial charge in [-0.15, -0.1) is 0 Å². The van der Waals surface area contributed by atoms with E-state index in [-0.39, 0.29) is 17.6 Å². The van der Waals surface area contributed by atoms with Crippen LogP contribution in [-0.4, -0.2) is 46.5 Å². The molecule has 2 rings (SSSR count). The van der Waals surface area contributed by atoms with Crippen molar-refractivity contribution < 1.29 is 14.7 Å². The molecule has 0 saturated carbocycles. The van der Waals surface area contributed by atoms with E-state index in [9.17, 15) is 9.59 Å². The molecule has 1 atom stereocenters. The fourth-order valence-corrected chi connectivity index (χ4v) is 1.80. The maximum absolute atomic E-state index is 11.3. The number of carboxylic acid groups (broad SMARTS) is 1. The Kier molecular flexibility index (Phi) is 2.95. The third-order valence-corrected chi connectivity index (χ3v) is 2.66. The minimum atomic E-state index is -1.06. The van der Waals surface area contributed by atoms with Crippen LogP contribution in [0.1, 0.15) is 16.9 Å². The minimum absolute atomic E-state index is 0.00678. The predicted molar refractivity (Wildman–Crippen MR) is 60.9 cm³/mol. The Hall–Kier alpha value is -2.11. The van der Waals surface area contributed by atoms with Crippen LogP contribution in [0, 0.1) is 0 Å². The predicted octanol–water partition coefficient (Wildman–Crippen LogP) is 0.422. The summed E-state index contributed by atoms with van der Waals surface area (Å²) in [7, 11) is 1.74. The summed E-state index contributed by atoms with van der Waals surface area (Å²) in [6.45, 7) is 0.609. The van der Waals surface area contributed by atoms with E-state index in [4.69, 9.17) is 5.11 Å². The number of nitrogens with zero attached hydrogens (tertiary/aromatic N) is 2. The van der Waals surface area contributed by atoms with E-state index >= 15 is 0 Å². The molecule has 0 spiro atoms. The molecule has 0 bridgehead atoms. The zero-order valence-electron chi connectivity index (χ0n) is 9.38. The zero-order chi connectivity index (χ0) is 12.4. The van der Waals surface area contributed by atoms with Crippen LogP contribution >= 0.6 is 0 Å². The van der Waals surface area contributed by atoms with Crippen LogP contribution in [-0.2, 0) is 4.79 Å². The number of carboxylic acids is 1. The molecule has 1 saturated heterocycles. The van der Waals surface area contributed by atoms with E-state index in [0.29, 0.717) is 18.8 Å². The molecule has 2 N–H and O–H groups in total. The Morgan fingerprint density at radius 1 is 1.59 bits per heavy atom. The minimum Gasteiger partial charge on any atom is -0.477 e. The number of hydrogen-bond donors (Lipinski definition) is 2. The van der Waals surface area contributed by atoms with Gasteiger partial charge in [0.05, 0.1) is 6.04 Å². The summed E-state index contributed by atoms with van der Waals surface area (Å²) in [6.07, 6.45) is 0.412. The Labute approximate surface area is 98.3 Å².